The number of aliphatic hydroxyl groups is 1. The summed E-state index contributed by atoms with van der Waals surface area (Å²) in [4.78, 5) is 13.9. The van der Waals surface area contributed by atoms with Crippen molar-refractivity contribution in [2.45, 2.75) is 38.2 Å². The maximum absolute atomic E-state index is 12.2. The van der Waals surface area contributed by atoms with Crippen LogP contribution >= 0.6 is 0 Å². The number of carbonyl (C=O) groups excluding carboxylic acids is 1. The number of hydrogen-bond acceptors (Lipinski definition) is 3. The molecular weight excluding hydrogens is 266 g/mol. The van der Waals surface area contributed by atoms with E-state index >= 15 is 0 Å². The SMILES string of the molecule is COc1cccc(C(C)CC(=O)N(C)CC(O)C2CC2)c1. The van der Waals surface area contributed by atoms with Crippen LogP contribution < -0.4 is 4.74 Å². The van der Waals surface area contributed by atoms with Crippen LogP contribution in [0.4, 0.5) is 0 Å². The molecule has 21 heavy (non-hydrogen) atoms. The highest BCUT2D eigenvalue weighted by Crippen LogP contribution is 2.33. The van der Waals surface area contributed by atoms with Gasteiger partial charge >= 0.3 is 0 Å². The zero-order valence-corrected chi connectivity index (χ0v) is 13.1. The molecule has 1 aromatic carbocycles. The Morgan fingerprint density at radius 3 is 2.81 bits per heavy atom. The minimum atomic E-state index is -0.369. The highest BCUT2D eigenvalue weighted by atomic mass is 16.5. The lowest BCUT2D eigenvalue weighted by atomic mass is 9.97. The van der Waals surface area contributed by atoms with Crippen molar-refractivity contribution in [2.24, 2.45) is 5.92 Å². The molecule has 0 saturated heterocycles. The third-order valence-corrected chi connectivity index (χ3v) is 4.20. The Morgan fingerprint density at radius 1 is 1.48 bits per heavy atom. The Labute approximate surface area is 126 Å². The van der Waals surface area contributed by atoms with Crippen LogP contribution in [0.5, 0.6) is 5.75 Å². The van der Waals surface area contributed by atoms with E-state index in [0.717, 1.165) is 24.2 Å². The zero-order valence-electron chi connectivity index (χ0n) is 13.1. The molecule has 4 nitrogen and oxygen atoms in total. The number of rotatable bonds is 7. The molecule has 1 saturated carbocycles. The largest absolute Gasteiger partial charge is 0.497 e. The predicted octanol–water partition coefficient (Wildman–Crippen LogP) is 2.42. The van der Waals surface area contributed by atoms with E-state index < -0.39 is 0 Å². The average Bonchev–Trinajstić information content (AvgIpc) is 3.31. The lowest BCUT2D eigenvalue weighted by molar-refractivity contribution is -0.131. The minimum Gasteiger partial charge on any atom is -0.497 e. The fraction of sp³-hybridized carbons (Fsp3) is 0.588. The molecule has 0 heterocycles. The van der Waals surface area contributed by atoms with Crippen molar-refractivity contribution in [1.29, 1.82) is 0 Å². The molecule has 1 aliphatic carbocycles. The maximum Gasteiger partial charge on any atom is 0.223 e. The number of ether oxygens (including phenoxy) is 1. The lowest BCUT2D eigenvalue weighted by Gasteiger charge is -2.22. The van der Waals surface area contributed by atoms with E-state index in [-0.39, 0.29) is 17.9 Å². The van der Waals surface area contributed by atoms with Gasteiger partial charge in [0.25, 0.3) is 0 Å². The summed E-state index contributed by atoms with van der Waals surface area (Å²) in [7, 11) is 3.41. The summed E-state index contributed by atoms with van der Waals surface area (Å²) < 4.78 is 5.21. The fourth-order valence-corrected chi connectivity index (χ4v) is 2.50. The first-order valence-electron chi connectivity index (χ1n) is 7.57. The van der Waals surface area contributed by atoms with Gasteiger partial charge in [-0.3, -0.25) is 4.79 Å². The van der Waals surface area contributed by atoms with Gasteiger partial charge in [0, 0.05) is 20.0 Å². The van der Waals surface area contributed by atoms with Gasteiger partial charge in [-0.05, 0) is 42.4 Å². The second-order valence-electron chi connectivity index (χ2n) is 6.06. The van der Waals surface area contributed by atoms with E-state index in [1.165, 1.54) is 0 Å². The van der Waals surface area contributed by atoms with Gasteiger partial charge in [0.05, 0.1) is 13.2 Å². The van der Waals surface area contributed by atoms with E-state index in [9.17, 15) is 9.90 Å². The van der Waals surface area contributed by atoms with E-state index in [2.05, 4.69) is 0 Å². The van der Waals surface area contributed by atoms with Crippen molar-refractivity contribution in [1.82, 2.24) is 4.90 Å². The van der Waals surface area contributed by atoms with Gasteiger partial charge in [0.2, 0.25) is 5.91 Å². The summed E-state index contributed by atoms with van der Waals surface area (Å²) in [6.07, 6.45) is 2.25. The molecule has 1 fully saturated rings. The number of aliphatic hydroxyl groups excluding tert-OH is 1. The molecule has 0 radical (unpaired) electrons. The Hall–Kier alpha value is -1.55. The van der Waals surface area contributed by atoms with Crippen molar-refractivity contribution in [3.8, 4) is 5.75 Å². The molecule has 2 atom stereocenters. The van der Waals surface area contributed by atoms with Crippen LogP contribution in [0, 0.1) is 5.92 Å². The molecule has 0 bridgehead atoms. The summed E-state index contributed by atoms with van der Waals surface area (Å²) in [6, 6.07) is 7.82. The summed E-state index contributed by atoms with van der Waals surface area (Å²) in [5, 5.41) is 9.92. The second-order valence-corrected chi connectivity index (χ2v) is 6.06. The highest BCUT2D eigenvalue weighted by molar-refractivity contribution is 5.76. The predicted molar refractivity (Wildman–Crippen MR) is 82.4 cm³/mol. The smallest absolute Gasteiger partial charge is 0.223 e. The molecule has 0 aromatic heterocycles. The van der Waals surface area contributed by atoms with Crippen LogP contribution in [-0.2, 0) is 4.79 Å². The number of likely N-dealkylation sites (N-methyl/N-ethyl adjacent to an activating group) is 1. The van der Waals surface area contributed by atoms with Crippen molar-refractivity contribution in [2.75, 3.05) is 20.7 Å². The average molecular weight is 291 g/mol. The first-order chi connectivity index (χ1) is 10.0. The molecular formula is C17H25NO3. The molecule has 4 heteroatoms. The summed E-state index contributed by atoms with van der Waals surface area (Å²) in [5.41, 5.74) is 1.10. The van der Waals surface area contributed by atoms with E-state index in [4.69, 9.17) is 4.74 Å². The van der Waals surface area contributed by atoms with Crippen LogP contribution in [-0.4, -0.2) is 42.7 Å². The third-order valence-electron chi connectivity index (χ3n) is 4.20. The van der Waals surface area contributed by atoms with Crippen molar-refractivity contribution in [3.63, 3.8) is 0 Å². The van der Waals surface area contributed by atoms with Crippen LogP contribution in [0.2, 0.25) is 0 Å². The summed E-state index contributed by atoms with van der Waals surface area (Å²) in [6.45, 7) is 2.48. The Kier molecular flexibility index (Phi) is 5.23. The molecule has 0 aliphatic heterocycles. The fourth-order valence-electron chi connectivity index (χ4n) is 2.50. The zero-order chi connectivity index (χ0) is 15.4. The highest BCUT2D eigenvalue weighted by Gasteiger charge is 2.31. The van der Waals surface area contributed by atoms with Crippen LogP contribution in [0.1, 0.15) is 37.7 Å². The molecule has 2 rings (SSSR count). The van der Waals surface area contributed by atoms with E-state index in [0.29, 0.717) is 18.9 Å². The molecule has 1 amide bonds. The van der Waals surface area contributed by atoms with Crippen molar-refractivity contribution >= 4 is 5.91 Å². The van der Waals surface area contributed by atoms with E-state index in [1.807, 2.05) is 31.2 Å². The molecule has 2 unspecified atom stereocenters. The van der Waals surface area contributed by atoms with Gasteiger partial charge in [-0.1, -0.05) is 19.1 Å². The Bertz CT molecular complexity index is 485. The van der Waals surface area contributed by atoms with Crippen molar-refractivity contribution in [3.05, 3.63) is 29.8 Å². The normalized spacial score (nSPS) is 17.1. The number of hydrogen-bond donors (Lipinski definition) is 1. The lowest BCUT2D eigenvalue weighted by Crippen LogP contribution is -2.35. The monoisotopic (exact) mass is 291 g/mol. The number of carbonyl (C=O) groups is 1. The number of nitrogens with zero attached hydrogens (tertiary/aromatic N) is 1. The van der Waals surface area contributed by atoms with Gasteiger partial charge in [-0.15, -0.1) is 0 Å². The molecule has 0 spiro atoms. The minimum absolute atomic E-state index is 0.0741. The standard InChI is InChI=1S/C17H25NO3/c1-12(14-5-4-6-15(10-14)21-3)9-17(20)18(2)11-16(19)13-7-8-13/h4-6,10,12-13,16,19H,7-9,11H2,1-3H3. The van der Waals surface area contributed by atoms with Crippen LogP contribution in [0.15, 0.2) is 24.3 Å². The first kappa shape index (κ1) is 15.8. The topological polar surface area (TPSA) is 49.8 Å². The van der Waals surface area contributed by atoms with Crippen LogP contribution in [0.3, 0.4) is 0 Å². The van der Waals surface area contributed by atoms with E-state index in [1.54, 1.807) is 19.1 Å². The third kappa shape index (κ3) is 4.46. The Morgan fingerprint density at radius 2 is 2.19 bits per heavy atom. The number of amides is 1. The molecule has 1 aromatic rings. The molecule has 1 N–H and O–H groups in total. The van der Waals surface area contributed by atoms with Gasteiger partial charge in [0.1, 0.15) is 5.75 Å². The van der Waals surface area contributed by atoms with Gasteiger partial charge in [-0.25, -0.2) is 0 Å². The van der Waals surface area contributed by atoms with Gasteiger partial charge in [-0.2, -0.15) is 0 Å². The number of methoxy groups -OCH3 is 1. The quantitative estimate of drug-likeness (QED) is 0.839. The Balaban J connectivity index is 1.88. The molecule has 1 aliphatic rings. The number of benzene rings is 1. The van der Waals surface area contributed by atoms with Crippen molar-refractivity contribution < 1.29 is 14.6 Å². The van der Waals surface area contributed by atoms with Gasteiger partial charge < -0.3 is 14.7 Å². The summed E-state index contributed by atoms with van der Waals surface area (Å²) >= 11 is 0. The summed E-state index contributed by atoms with van der Waals surface area (Å²) in [5.74, 6) is 1.42. The van der Waals surface area contributed by atoms with Crippen LogP contribution in [0.25, 0.3) is 0 Å². The van der Waals surface area contributed by atoms with Gasteiger partial charge in [0.15, 0.2) is 0 Å². The first-order valence-corrected chi connectivity index (χ1v) is 7.57. The molecule has 116 valence electrons. The maximum atomic E-state index is 12.2. The second kappa shape index (κ2) is 6.94.